The molecule has 8 heteroatoms. The van der Waals surface area contributed by atoms with Crippen molar-refractivity contribution in [1.82, 2.24) is 20.9 Å². The largest absolute Gasteiger partial charge is 0.375 e. The highest BCUT2D eigenvalue weighted by molar-refractivity contribution is 5.87. The van der Waals surface area contributed by atoms with Gasteiger partial charge in [0.2, 0.25) is 17.7 Å². The van der Waals surface area contributed by atoms with Crippen LogP contribution in [-0.4, -0.2) is 74.6 Å². The van der Waals surface area contributed by atoms with Gasteiger partial charge in [0.15, 0.2) is 0 Å². The van der Waals surface area contributed by atoms with Crippen molar-refractivity contribution in [1.29, 1.82) is 0 Å². The molecular weight excluding hydrogens is 276 g/mol. The fraction of sp³-hybridized carbons (Fsp3) is 0.769. The van der Waals surface area contributed by atoms with E-state index >= 15 is 0 Å². The summed E-state index contributed by atoms with van der Waals surface area (Å²) in [4.78, 5) is 36.5. The number of piperidine rings is 1. The van der Waals surface area contributed by atoms with Gasteiger partial charge in [-0.05, 0) is 12.8 Å². The molecule has 0 aromatic rings. The van der Waals surface area contributed by atoms with Gasteiger partial charge in [-0.1, -0.05) is 0 Å². The minimum absolute atomic E-state index is 0.0149. The van der Waals surface area contributed by atoms with Crippen LogP contribution >= 0.6 is 0 Å². The van der Waals surface area contributed by atoms with Gasteiger partial charge < -0.3 is 20.3 Å². The number of piperazine rings is 1. The van der Waals surface area contributed by atoms with Gasteiger partial charge in [-0.3, -0.25) is 19.7 Å². The molecule has 0 aromatic heterocycles. The monoisotopic (exact) mass is 298 g/mol. The van der Waals surface area contributed by atoms with Gasteiger partial charge in [-0.2, -0.15) is 0 Å². The third-order valence-corrected chi connectivity index (χ3v) is 3.79. The normalized spacial score (nSPS) is 23.6. The Morgan fingerprint density at radius 2 is 2.10 bits per heavy atom. The highest BCUT2D eigenvalue weighted by atomic mass is 16.5. The van der Waals surface area contributed by atoms with Crippen molar-refractivity contribution in [3.05, 3.63) is 0 Å². The van der Waals surface area contributed by atoms with E-state index in [2.05, 4.69) is 16.0 Å². The molecule has 2 rings (SSSR count). The lowest BCUT2D eigenvalue weighted by Gasteiger charge is -2.33. The molecule has 3 amide bonds. The van der Waals surface area contributed by atoms with Gasteiger partial charge in [-0.25, -0.2) is 0 Å². The van der Waals surface area contributed by atoms with Gasteiger partial charge in [0.1, 0.15) is 12.6 Å². The first-order chi connectivity index (χ1) is 10.1. The molecule has 2 heterocycles. The first kappa shape index (κ1) is 15.7. The van der Waals surface area contributed by atoms with Gasteiger partial charge >= 0.3 is 0 Å². The molecule has 21 heavy (non-hydrogen) atoms. The second-order valence-corrected chi connectivity index (χ2v) is 5.33. The Kier molecular flexibility index (Phi) is 5.51. The molecule has 1 unspecified atom stereocenters. The molecule has 1 atom stereocenters. The number of amides is 3. The van der Waals surface area contributed by atoms with Gasteiger partial charge in [0.25, 0.3) is 0 Å². The summed E-state index contributed by atoms with van der Waals surface area (Å²) in [6.07, 6.45) is 1.47. The summed E-state index contributed by atoms with van der Waals surface area (Å²) in [6.45, 7) is 1.84. The van der Waals surface area contributed by atoms with E-state index in [0.29, 0.717) is 19.6 Å². The molecule has 118 valence electrons. The number of methoxy groups -OCH3 is 1. The quantitative estimate of drug-likeness (QED) is 0.548. The highest BCUT2D eigenvalue weighted by Gasteiger charge is 2.28. The maximum absolute atomic E-state index is 12.1. The van der Waals surface area contributed by atoms with Crippen molar-refractivity contribution in [2.75, 3.05) is 39.9 Å². The van der Waals surface area contributed by atoms with E-state index in [9.17, 15) is 14.4 Å². The molecule has 0 aromatic carbocycles. The molecule has 0 spiro atoms. The van der Waals surface area contributed by atoms with Crippen LogP contribution in [0.1, 0.15) is 12.8 Å². The van der Waals surface area contributed by atoms with E-state index in [0.717, 1.165) is 12.8 Å². The molecule has 2 aliphatic heterocycles. The molecule has 8 nitrogen and oxygen atoms in total. The lowest BCUT2D eigenvalue weighted by molar-refractivity contribution is -0.136. The second-order valence-electron chi connectivity index (χ2n) is 5.33. The third-order valence-electron chi connectivity index (χ3n) is 3.79. The van der Waals surface area contributed by atoms with E-state index in [1.165, 1.54) is 7.11 Å². The molecule has 0 radical (unpaired) electrons. The molecule has 3 N–H and O–H groups in total. The molecule has 2 saturated heterocycles. The van der Waals surface area contributed by atoms with Crippen LogP contribution in [0.2, 0.25) is 0 Å². The van der Waals surface area contributed by atoms with E-state index in [-0.39, 0.29) is 43.0 Å². The fourth-order valence-corrected chi connectivity index (χ4v) is 2.54. The molecule has 0 aliphatic carbocycles. The SMILES string of the molecule is COCC(=O)N1CCC(NC(=O)C2CNC(=O)CN2)CC1. The zero-order chi connectivity index (χ0) is 15.2. The second kappa shape index (κ2) is 7.37. The summed E-state index contributed by atoms with van der Waals surface area (Å²) >= 11 is 0. The number of carbonyl (C=O) groups is 3. The van der Waals surface area contributed by atoms with Crippen LogP contribution in [0.15, 0.2) is 0 Å². The van der Waals surface area contributed by atoms with Gasteiger partial charge in [0.05, 0.1) is 6.54 Å². The highest BCUT2D eigenvalue weighted by Crippen LogP contribution is 2.11. The van der Waals surface area contributed by atoms with Gasteiger partial charge in [-0.15, -0.1) is 0 Å². The van der Waals surface area contributed by atoms with E-state index in [1.807, 2.05) is 0 Å². The summed E-state index contributed by atoms with van der Waals surface area (Å²) < 4.78 is 4.83. The number of hydrogen-bond donors (Lipinski definition) is 3. The van der Waals surface area contributed by atoms with Crippen molar-refractivity contribution < 1.29 is 19.1 Å². The van der Waals surface area contributed by atoms with Crippen molar-refractivity contribution in [3.8, 4) is 0 Å². The lowest BCUT2D eigenvalue weighted by atomic mass is 10.0. The van der Waals surface area contributed by atoms with Crippen molar-refractivity contribution >= 4 is 17.7 Å². The Bertz CT molecular complexity index is 397. The van der Waals surface area contributed by atoms with Crippen LogP contribution in [0.4, 0.5) is 0 Å². The Balaban J connectivity index is 1.72. The number of ether oxygens (including phenoxy) is 1. The first-order valence-electron chi connectivity index (χ1n) is 7.17. The van der Waals surface area contributed by atoms with Crippen molar-refractivity contribution in [2.45, 2.75) is 24.9 Å². The zero-order valence-corrected chi connectivity index (χ0v) is 12.2. The van der Waals surface area contributed by atoms with Crippen LogP contribution in [0.25, 0.3) is 0 Å². The lowest BCUT2D eigenvalue weighted by Crippen LogP contribution is -2.59. The van der Waals surface area contributed by atoms with Crippen LogP contribution in [0.5, 0.6) is 0 Å². The Hall–Kier alpha value is -1.67. The number of likely N-dealkylation sites (tertiary alicyclic amines) is 1. The summed E-state index contributed by atoms with van der Waals surface area (Å²) in [5.74, 6) is -0.209. The maximum atomic E-state index is 12.1. The first-order valence-corrected chi connectivity index (χ1v) is 7.17. The molecule has 2 fully saturated rings. The van der Waals surface area contributed by atoms with Crippen LogP contribution in [-0.2, 0) is 19.1 Å². The molecule has 2 aliphatic rings. The smallest absolute Gasteiger partial charge is 0.248 e. The number of carbonyl (C=O) groups excluding carboxylic acids is 3. The zero-order valence-electron chi connectivity index (χ0n) is 12.2. The predicted molar refractivity (Wildman–Crippen MR) is 74.4 cm³/mol. The van der Waals surface area contributed by atoms with E-state index < -0.39 is 0 Å². The van der Waals surface area contributed by atoms with E-state index in [4.69, 9.17) is 4.74 Å². The maximum Gasteiger partial charge on any atom is 0.248 e. The number of hydrogen-bond acceptors (Lipinski definition) is 5. The standard InChI is InChI=1S/C13H22N4O4/c1-21-8-12(19)17-4-2-9(3-5-17)16-13(20)10-6-15-11(18)7-14-10/h9-10,14H,2-8H2,1H3,(H,15,18)(H,16,20). The Morgan fingerprint density at radius 1 is 1.38 bits per heavy atom. The topological polar surface area (TPSA) is 99.8 Å². The van der Waals surface area contributed by atoms with Gasteiger partial charge in [0, 0.05) is 32.8 Å². The van der Waals surface area contributed by atoms with Crippen molar-refractivity contribution in [2.24, 2.45) is 0 Å². The van der Waals surface area contributed by atoms with E-state index in [1.54, 1.807) is 4.90 Å². The van der Waals surface area contributed by atoms with Crippen LogP contribution in [0.3, 0.4) is 0 Å². The fourth-order valence-electron chi connectivity index (χ4n) is 2.54. The average Bonchev–Trinajstić information content (AvgIpc) is 2.49. The molecule has 0 bridgehead atoms. The average molecular weight is 298 g/mol. The molecule has 0 saturated carbocycles. The Labute approximate surface area is 123 Å². The Morgan fingerprint density at radius 3 is 2.67 bits per heavy atom. The summed E-state index contributed by atoms with van der Waals surface area (Å²) in [6, 6.07) is -0.306. The van der Waals surface area contributed by atoms with Crippen LogP contribution < -0.4 is 16.0 Å². The number of rotatable bonds is 4. The third kappa shape index (κ3) is 4.40. The summed E-state index contributed by atoms with van der Waals surface area (Å²) in [5.41, 5.74) is 0. The summed E-state index contributed by atoms with van der Waals surface area (Å²) in [7, 11) is 1.50. The molecular formula is C13H22N4O4. The number of nitrogens with one attached hydrogen (secondary N) is 3. The van der Waals surface area contributed by atoms with Crippen LogP contribution in [0, 0.1) is 0 Å². The number of nitrogens with zero attached hydrogens (tertiary/aromatic N) is 1. The predicted octanol–water partition coefficient (Wildman–Crippen LogP) is -2.17. The minimum atomic E-state index is -0.379. The summed E-state index contributed by atoms with van der Waals surface area (Å²) in [5, 5.41) is 8.53. The minimum Gasteiger partial charge on any atom is -0.375 e. The van der Waals surface area contributed by atoms with Crippen molar-refractivity contribution in [3.63, 3.8) is 0 Å².